The van der Waals surface area contributed by atoms with Crippen LogP contribution >= 0.6 is 7.60 Å². The van der Waals surface area contributed by atoms with E-state index in [-0.39, 0.29) is 6.79 Å². The highest BCUT2D eigenvalue weighted by Crippen LogP contribution is 2.40. The summed E-state index contributed by atoms with van der Waals surface area (Å²) in [4.78, 5) is 18.5. The Hall–Kier alpha value is -1.85. The van der Waals surface area contributed by atoms with Gasteiger partial charge in [0.2, 0.25) is 0 Å². The van der Waals surface area contributed by atoms with Gasteiger partial charge in [-0.2, -0.15) is 0 Å². The molecule has 7 heteroatoms. The largest absolute Gasteiger partial charge is 0.480 e. The Labute approximate surface area is 173 Å². The summed E-state index contributed by atoms with van der Waals surface area (Å²) in [5.41, 5.74) is 6.64. The van der Waals surface area contributed by atoms with Crippen molar-refractivity contribution in [3.63, 3.8) is 0 Å². The van der Waals surface area contributed by atoms with E-state index in [0.29, 0.717) is 5.75 Å². The Balaban J connectivity index is 2.41. The third-order valence-electron chi connectivity index (χ3n) is 5.09. The van der Waals surface area contributed by atoms with E-state index in [1.165, 1.54) is 5.56 Å². The minimum atomic E-state index is -4.24. The summed E-state index contributed by atoms with van der Waals surface area (Å²) >= 11 is 0. The van der Waals surface area contributed by atoms with E-state index in [9.17, 15) is 14.4 Å². The highest BCUT2D eigenvalue weighted by Gasteiger charge is 2.22. The van der Waals surface area contributed by atoms with Crippen molar-refractivity contribution in [3.8, 4) is 11.5 Å². The summed E-state index contributed by atoms with van der Waals surface area (Å²) in [6, 6.07) is 7.94. The molecule has 0 saturated carbocycles. The maximum atomic E-state index is 11.3. The first-order chi connectivity index (χ1) is 13.7. The molecule has 0 aromatic heterocycles. The van der Waals surface area contributed by atoms with Crippen LogP contribution in [0.1, 0.15) is 47.2 Å². The first-order valence-electron chi connectivity index (χ1n) is 9.73. The molecule has 0 aliphatic rings. The van der Waals surface area contributed by atoms with E-state index < -0.39 is 13.9 Å². The van der Waals surface area contributed by atoms with Crippen LogP contribution in [0.15, 0.2) is 24.3 Å². The van der Waals surface area contributed by atoms with Gasteiger partial charge in [-0.05, 0) is 78.6 Å². The molecular formula is C22H31O6P. The molecule has 0 spiro atoms. The van der Waals surface area contributed by atoms with Crippen molar-refractivity contribution in [1.82, 2.24) is 0 Å². The van der Waals surface area contributed by atoms with Gasteiger partial charge in [-0.1, -0.05) is 26.0 Å². The quantitative estimate of drug-likeness (QED) is 0.433. The Kier molecular flexibility index (Phi) is 8.29. The molecule has 160 valence electrons. The summed E-state index contributed by atoms with van der Waals surface area (Å²) < 4.78 is 27.3. The lowest BCUT2D eigenvalue weighted by Gasteiger charge is -2.23. The number of hydrogen-bond donors (Lipinski definition) is 2. The van der Waals surface area contributed by atoms with Crippen LogP contribution in [0.5, 0.6) is 11.5 Å². The maximum absolute atomic E-state index is 11.3. The molecule has 0 saturated heterocycles. The highest BCUT2D eigenvalue weighted by atomic mass is 31.2. The van der Waals surface area contributed by atoms with Crippen LogP contribution in [0.4, 0.5) is 0 Å². The lowest BCUT2D eigenvalue weighted by Crippen LogP contribution is -2.10. The van der Waals surface area contributed by atoms with Gasteiger partial charge in [0.05, 0.1) is 0 Å². The van der Waals surface area contributed by atoms with Gasteiger partial charge >= 0.3 is 7.60 Å². The highest BCUT2D eigenvalue weighted by molar-refractivity contribution is 7.51. The van der Waals surface area contributed by atoms with Gasteiger partial charge in [-0.25, -0.2) is 0 Å². The minimum absolute atomic E-state index is 0.216. The number of ether oxygens (including phenoxy) is 3. The number of hydrogen-bond acceptors (Lipinski definition) is 4. The van der Waals surface area contributed by atoms with Gasteiger partial charge < -0.3 is 24.0 Å². The molecule has 2 rings (SSSR count). The van der Waals surface area contributed by atoms with Crippen LogP contribution in [0.3, 0.4) is 0 Å². The number of methoxy groups -OCH3 is 1. The molecular weight excluding hydrogens is 391 g/mol. The van der Waals surface area contributed by atoms with Gasteiger partial charge in [-0.15, -0.1) is 0 Å². The Morgan fingerprint density at radius 2 is 1.45 bits per heavy atom. The predicted molar refractivity (Wildman–Crippen MR) is 114 cm³/mol. The van der Waals surface area contributed by atoms with Crippen LogP contribution in [-0.2, 0) is 28.6 Å². The lowest BCUT2D eigenvalue weighted by atomic mass is 9.86. The Morgan fingerprint density at radius 3 is 1.90 bits per heavy atom. The zero-order chi connectivity index (χ0) is 21.6. The molecule has 0 amide bonds. The van der Waals surface area contributed by atoms with E-state index in [4.69, 9.17) is 14.2 Å². The van der Waals surface area contributed by atoms with Crippen molar-refractivity contribution in [3.05, 3.63) is 57.6 Å². The molecule has 0 heterocycles. The Morgan fingerprint density at radius 1 is 0.897 bits per heavy atom. The second-order valence-corrected chi connectivity index (χ2v) is 8.62. The fraction of sp³-hybridized carbons (Fsp3) is 0.455. The lowest BCUT2D eigenvalue weighted by molar-refractivity contribution is 0.0511. The van der Waals surface area contributed by atoms with Crippen LogP contribution in [-0.4, -0.2) is 30.0 Å². The van der Waals surface area contributed by atoms with E-state index in [2.05, 4.69) is 13.8 Å². The fourth-order valence-electron chi connectivity index (χ4n) is 3.64. The number of rotatable bonds is 10. The predicted octanol–water partition coefficient (Wildman–Crippen LogP) is 4.52. The standard InChI is InChI=1S/C22H31O6P/c1-6-19-15(3)21(12-17-8-10-18(11-9-17)27-13-26-5)16(4)20(7-2)22(19)28-14-29(23,24)25/h8-11H,6-7,12-14H2,1-5H3,(H2,23,24,25). The van der Waals surface area contributed by atoms with E-state index >= 15 is 0 Å². The molecule has 2 aromatic carbocycles. The molecule has 0 fully saturated rings. The summed E-state index contributed by atoms with van der Waals surface area (Å²) in [6.07, 6.45) is 1.62. The molecule has 6 nitrogen and oxygen atoms in total. The zero-order valence-electron chi connectivity index (χ0n) is 17.8. The first kappa shape index (κ1) is 23.4. The molecule has 2 aromatic rings. The Bertz CT molecular complexity index is 839. The van der Waals surface area contributed by atoms with Crippen molar-refractivity contribution >= 4 is 7.60 Å². The van der Waals surface area contributed by atoms with E-state index in [1.807, 2.05) is 38.1 Å². The molecule has 0 bridgehead atoms. The van der Waals surface area contributed by atoms with E-state index in [0.717, 1.165) is 52.8 Å². The smallest absolute Gasteiger partial charge is 0.362 e. The summed E-state index contributed by atoms with van der Waals surface area (Å²) in [6.45, 7) is 8.40. The van der Waals surface area contributed by atoms with Gasteiger partial charge in [0, 0.05) is 7.11 Å². The van der Waals surface area contributed by atoms with E-state index in [1.54, 1.807) is 7.11 Å². The minimum Gasteiger partial charge on any atom is -0.480 e. The fourth-order valence-corrected chi connectivity index (χ4v) is 3.94. The van der Waals surface area contributed by atoms with Crippen molar-refractivity contribution in [2.75, 3.05) is 20.3 Å². The second kappa shape index (κ2) is 10.3. The maximum Gasteiger partial charge on any atom is 0.362 e. The monoisotopic (exact) mass is 422 g/mol. The van der Waals surface area contributed by atoms with Crippen LogP contribution in [0.25, 0.3) is 0 Å². The average molecular weight is 422 g/mol. The second-order valence-electron chi connectivity index (χ2n) is 7.03. The van der Waals surface area contributed by atoms with Gasteiger partial charge in [0.1, 0.15) is 11.5 Å². The summed E-state index contributed by atoms with van der Waals surface area (Å²) in [7, 11) is -2.66. The normalized spacial score (nSPS) is 11.6. The molecule has 0 unspecified atom stereocenters. The SMILES string of the molecule is CCc1c(C)c(Cc2ccc(OCOC)cc2)c(C)c(CC)c1OCP(=O)(O)O. The zero-order valence-corrected chi connectivity index (χ0v) is 18.7. The molecule has 0 atom stereocenters. The molecule has 0 radical (unpaired) electrons. The van der Waals surface area contributed by atoms with Crippen molar-refractivity contribution in [1.29, 1.82) is 0 Å². The topological polar surface area (TPSA) is 85.2 Å². The van der Waals surface area contributed by atoms with Crippen LogP contribution in [0.2, 0.25) is 0 Å². The van der Waals surface area contributed by atoms with Crippen molar-refractivity contribution in [2.24, 2.45) is 0 Å². The van der Waals surface area contributed by atoms with Crippen molar-refractivity contribution in [2.45, 2.75) is 47.0 Å². The number of benzene rings is 2. The third kappa shape index (κ3) is 6.06. The summed E-state index contributed by atoms with van der Waals surface area (Å²) in [5.74, 6) is 1.38. The third-order valence-corrected chi connectivity index (χ3v) is 5.56. The average Bonchev–Trinajstić information content (AvgIpc) is 2.68. The molecule has 2 N–H and O–H groups in total. The van der Waals surface area contributed by atoms with Gasteiger partial charge in [0.25, 0.3) is 0 Å². The molecule has 29 heavy (non-hydrogen) atoms. The van der Waals surface area contributed by atoms with Crippen LogP contribution in [0, 0.1) is 13.8 Å². The van der Waals surface area contributed by atoms with Gasteiger partial charge in [0.15, 0.2) is 13.1 Å². The summed E-state index contributed by atoms with van der Waals surface area (Å²) in [5, 5.41) is 0. The molecule has 0 aliphatic carbocycles. The van der Waals surface area contributed by atoms with Crippen molar-refractivity contribution < 1.29 is 28.6 Å². The van der Waals surface area contributed by atoms with Gasteiger partial charge in [-0.3, -0.25) is 4.57 Å². The van der Waals surface area contributed by atoms with Crippen LogP contribution < -0.4 is 9.47 Å². The molecule has 0 aliphatic heterocycles. The first-order valence-corrected chi connectivity index (χ1v) is 11.5.